The van der Waals surface area contributed by atoms with Crippen molar-refractivity contribution < 1.29 is 13.6 Å². The fourth-order valence-electron chi connectivity index (χ4n) is 5.69. The monoisotopic (exact) mass is 542 g/mol. The quantitative estimate of drug-likeness (QED) is 0.153. The summed E-state index contributed by atoms with van der Waals surface area (Å²) in [4.78, 5) is 13.1. The predicted octanol–water partition coefficient (Wildman–Crippen LogP) is 9.70. The highest BCUT2D eigenvalue weighted by molar-refractivity contribution is 6.85. The van der Waals surface area contributed by atoms with Crippen LogP contribution in [-0.4, -0.2) is 40.9 Å². The molecule has 0 aliphatic rings. The van der Waals surface area contributed by atoms with Crippen LogP contribution in [0.2, 0.25) is 49.9 Å². The molecule has 0 radical (unpaired) electrons. The Kier molecular flexibility index (Phi) is 11.4. The number of carbonyl (C=O) groups excluding carboxylic acids is 1. The van der Waals surface area contributed by atoms with Crippen molar-refractivity contribution in [1.82, 2.24) is 0 Å². The fourth-order valence-corrected chi connectivity index (χ4v) is 17.1. The van der Waals surface area contributed by atoms with E-state index in [9.17, 15) is 4.79 Å². The first-order valence-electron chi connectivity index (χ1n) is 14.0. The topological polar surface area (TPSA) is 35.5 Å². The van der Waals surface area contributed by atoms with Gasteiger partial charge in [0.1, 0.15) is 0 Å². The van der Waals surface area contributed by atoms with Crippen molar-refractivity contribution in [2.45, 2.75) is 162 Å². The molecule has 3 unspecified atom stereocenters. The van der Waals surface area contributed by atoms with Gasteiger partial charge in [-0.25, -0.2) is 0 Å². The van der Waals surface area contributed by atoms with Crippen LogP contribution in [-0.2, 0) is 13.6 Å². The first-order valence-corrected chi connectivity index (χ1v) is 22.9. The Hall–Kier alpha value is -0.0194. The van der Waals surface area contributed by atoms with Gasteiger partial charge < -0.3 is 8.85 Å². The third kappa shape index (κ3) is 7.10. The van der Waals surface area contributed by atoms with Crippen LogP contribution in [0, 0.1) is 5.41 Å². The molecule has 208 valence electrons. The van der Waals surface area contributed by atoms with Crippen LogP contribution in [0.5, 0.6) is 0 Å². The van der Waals surface area contributed by atoms with Crippen molar-refractivity contribution in [2.24, 2.45) is 5.41 Å². The van der Waals surface area contributed by atoms with Gasteiger partial charge in [-0.05, 0) is 82.4 Å². The van der Waals surface area contributed by atoms with E-state index in [0.29, 0.717) is 11.1 Å². The minimum absolute atomic E-state index is 0.0340. The molecule has 0 aliphatic carbocycles. The number of allylic oxidation sites excluding steroid dienone is 1. The molecule has 0 rings (SSSR count). The first kappa shape index (κ1) is 35.0. The zero-order valence-corrected chi connectivity index (χ0v) is 29.8. The van der Waals surface area contributed by atoms with Crippen LogP contribution < -0.4 is 0 Å². The van der Waals surface area contributed by atoms with E-state index in [1.54, 1.807) is 0 Å². The lowest BCUT2D eigenvalue weighted by Gasteiger charge is -2.59. The third-order valence-electron chi connectivity index (χ3n) is 10.4. The molecule has 0 fully saturated rings. The molecule has 0 saturated carbocycles. The lowest BCUT2D eigenvalue weighted by molar-refractivity contribution is -0.124. The van der Waals surface area contributed by atoms with Crippen LogP contribution in [0.3, 0.4) is 0 Å². The van der Waals surface area contributed by atoms with Gasteiger partial charge in [-0.1, -0.05) is 81.5 Å². The van der Waals surface area contributed by atoms with Gasteiger partial charge in [-0.2, -0.15) is 0 Å². The summed E-state index contributed by atoms with van der Waals surface area (Å²) < 4.78 is 14.6. The van der Waals surface area contributed by atoms with Gasteiger partial charge in [-0.3, -0.25) is 4.79 Å². The van der Waals surface area contributed by atoms with Crippen molar-refractivity contribution in [3.63, 3.8) is 0 Å². The second-order valence-corrected chi connectivity index (χ2v) is 28.7. The number of carbonyl (C=O) groups is 1. The average Bonchev–Trinajstić information content (AvgIpc) is 2.71. The fraction of sp³-hybridized carbons (Fsp3) is 0.897. The number of hydrogen-bond acceptors (Lipinski definition) is 3. The molecule has 6 heteroatoms. The largest absolute Gasteiger partial charge is 0.412 e. The molecule has 0 N–H and O–H groups in total. The molecule has 0 heterocycles. The smallest absolute Gasteiger partial charge is 0.216 e. The normalized spacial score (nSPS) is 19.1. The van der Waals surface area contributed by atoms with Gasteiger partial charge >= 0.3 is 0 Å². The molecule has 0 bridgehead atoms. The van der Waals surface area contributed by atoms with E-state index in [1.165, 1.54) is 0 Å². The maximum atomic E-state index is 13.1. The highest BCUT2D eigenvalue weighted by Crippen LogP contribution is 2.56. The van der Waals surface area contributed by atoms with E-state index >= 15 is 0 Å². The Morgan fingerprint density at radius 1 is 0.800 bits per heavy atom. The number of ketones is 1. The number of hydrogen-bond donors (Lipinski definition) is 0. The molecule has 3 nitrogen and oxygen atoms in total. The molecule has 35 heavy (non-hydrogen) atoms. The second-order valence-electron chi connectivity index (χ2n) is 14.4. The van der Waals surface area contributed by atoms with E-state index in [1.807, 2.05) is 6.92 Å². The third-order valence-corrected chi connectivity index (χ3v) is 25.2. The summed E-state index contributed by atoms with van der Waals surface area (Å²) in [5, 5.41) is -0.433. The average molecular weight is 543 g/mol. The van der Waals surface area contributed by atoms with Gasteiger partial charge in [0.25, 0.3) is 0 Å². The SMILES string of the molecule is C=C(C)C(=O)C(C)(C)CC(C)(CC)[Si](C)(C)C(C)(CC)O[Si](C)(C)C(C)(CC)O[Si](C)(C)C(C)C. The van der Waals surface area contributed by atoms with Crippen molar-refractivity contribution in [1.29, 1.82) is 0 Å². The van der Waals surface area contributed by atoms with Crippen LogP contribution >= 0.6 is 0 Å². The van der Waals surface area contributed by atoms with Crippen LogP contribution in [0.1, 0.15) is 102 Å². The van der Waals surface area contributed by atoms with E-state index in [4.69, 9.17) is 8.85 Å². The Balaban J connectivity index is 6.51. The predicted molar refractivity (Wildman–Crippen MR) is 164 cm³/mol. The Morgan fingerprint density at radius 2 is 1.23 bits per heavy atom. The van der Waals surface area contributed by atoms with Crippen LogP contribution in [0.25, 0.3) is 0 Å². The molecule has 0 amide bonds. The minimum atomic E-state index is -2.30. The molecule has 0 spiro atoms. The summed E-state index contributed by atoms with van der Waals surface area (Å²) in [6.07, 6.45) is 3.83. The number of Topliss-reactive ketones (excluding diaryl/α,β-unsaturated/α-hetero) is 1. The molecule has 0 aromatic heterocycles. The summed E-state index contributed by atoms with van der Waals surface area (Å²) in [6, 6.07) is 0. The van der Waals surface area contributed by atoms with Crippen molar-refractivity contribution >= 4 is 30.5 Å². The van der Waals surface area contributed by atoms with Crippen molar-refractivity contribution in [2.75, 3.05) is 0 Å². The Morgan fingerprint density at radius 3 is 1.54 bits per heavy atom. The lowest BCUT2D eigenvalue weighted by atomic mass is 9.76. The van der Waals surface area contributed by atoms with Crippen molar-refractivity contribution in [3.05, 3.63) is 12.2 Å². The Labute approximate surface area is 223 Å². The molecule has 3 atom stereocenters. The van der Waals surface area contributed by atoms with E-state index in [2.05, 4.69) is 115 Å². The van der Waals surface area contributed by atoms with Crippen molar-refractivity contribution in [3.8, 4) is 0 Å². The molecular weight excluding hydrogens is 481 g/mol. The maximum Gasteiger partial charge on any atom is 0.216 e. The van der Waals surface area contributed by atoms with Gasteiger partial charge in [0.2, 0.25) is 8.32 Å². The molecule has 0 aliphatic heterocycles. The summed E-state index contributed by atoms with van der Waals surface area (Å²) >= 11 is 0. The summed E-state index contributed by atoms with van der Waals surface area (Å²) in [5.41, 5.74) is 0.776. The standard InChI is InChI=1S/C29H62O3Si3/c1-19-27(10,22-26(8,9)25(30)23(4)5)34(15,16)28(11,20-2)32-35(17,18)29(12,21-3)31-33(13,14)24(6)7/h24H,4,19-22H2,1-3,5-18H3. The minimum Gasteiger partial charge on any atom is -0.412 e. The lowest BCUT2D eigenvalue weighted by Crippen LogP contribution is -2.69. The number of rotatable bonds is 15. The summed E-state index contributed by atoms with van der Waals surface area (Å²) in [7, 11) is -6.26. The second kappa shape index (κ2) is 11.4. The highest BCUT2D eigenvalue weighted by atomic mass is 28.4. The summed E-state index contributed by atoms with van der Waals surface area (Å²) in [5.74, 6) is 0.184. The molecular formula is C29H62O3Si3. The first-order chi connectivity index (χ1) is 15.4. The van der Waals surface area contributed by atoms with Crippen LogP contribution in [0.15, 0.2) is 12.2 Å². The van der Waals surface area contributed by atoms with Gasteiger partial charge in [0.05, 0.1) is 13.3 Å². The van der Waals surface area contributed by atoms with Gasteiger partial charge in [0.15, 0.2) is 14.1 Å². The molecule has 0 saturated heterocycles. The van der Waals surface area contributed by atoms with E-state index in [-0.39, 0.29) is 21.3 Å². The highest BCUT2D eigenvalue weighted by Gasteiger charge is 2.59. The van der Waals surface area contributed by atoms with Gasteiger partial charge in [-0.15, -0.1) is 0 Å². The zero-order chi connectivity index (χ0) is 28.5. The zero-order valence-electron chi connectivity index (χ0n) is 26.8. The van der Waals surface area contributed by atoms with Gasteiger partial charge in [0, 0.05) is 10.6 Å². The summed E-state index contributed by atoms with van der Waals surface area (Å²) in [6.45, 7) is 43.0. The van der Waals surface area contributed by atoms with Crippen LogP contribution in [0.4, 0.5) is 0 Å². The Bertz CT molecular complexity index is 756. The van der Waals surface area contributed by atoms with E-state index in [0.717, 1.165) is 25.7 Å². The molecule has 0 aromatic carbocycles. The maximum absolute atomic E-state index is 13.1. The molecule has 0 aromatic rings. The van der Waals surface area contributed by atoms with E-state index < -0.39 is 30.1 Å².